The predicted molar refractivity (Wildman–Crippen MR) is 145 cm³/mol. The molecule has 0 aliphatic heterocycles. The molecule has 5 aromatic rings. The predicted octanol–water partition coefficient (Wildman–Crippen LogP) is 7.20. The molecule has 0 aliphatic carbocycles. The molecule has 182 valence electrons. The van der Waals surface area contributed by atoms with Crippen LogP contribution < -0.4 is 19.5 Å². The Balaban J connectivity index is 1.73. The topological polar surface area (TPSA) is 72.0 Å². The number of anilines is 2. The van der Waals surface area contributed by atoms with Gasteiger partial charge in [0.15, 0.2) is 5.69 Å². The molecule has 0 fully saturated rings. The summed E-state index contributed by atoms with van der Waals surface area (Å²) in [4.78, 5) is 0. The third-order valence-electron chi connectivity index (χ3n) is 5.74. The normalized spacial score (nSPS) is 10.9. The van der Waals surface area contributed by atoms with Crippen molar-refractivity contribution >= 4 is 22.7 Å². The van der Waals surface area contributed by atoms with Crippen molar-refractivity contribution < 1.29 is 14.2 Å². The van der Waals surface area contributed by atoms with Crippen LogP contribution in [-0.2, 0) is 0 Å². The van der Waals surface area contributed by atoms with Crippen LogP contribution in [0.25, 0.3) is 16.9 Å². The van der Waals surface area contributed by atoms with Gasteiger partial charge in [-0.2, -0.15) is 5.11 Å². The SMILES string of the molecule is COc1ccc(Nc2cn[n+](-c3ccccc3)c(-c3ccccc3)c2N=Nc2ccccc2)c(OC)c1. The molecule has 1 N–H and O–H groups in total. The molecule has 1 heterocycles. The molecule has 0 saturated carbocycles. The van der Waals surface area contributed by atoms with E-state index in [9.17, 15) is 0 Å². The molecule has 0 amide bonds. The minimum absolute atomic E-state index is 0.631. The van der Waals surface area contributed by atoms with Crippen LogP contribution >= 0.6 is 0 Å². The fourth-order valence-corrected chi connectivity index (χ4v) is 3.92. The number of nitrogens with zero attached hydrogens (tertiary/aromatic N) is 4. The molecule has 0 spiro atoms. The Labute approximate surface area is 215 Å². The highest BCUT2D eigenvalue weighted by Gasteiger charge is 2.27. The van der Waals surface area contributed by atoms with Crippen molar-refractivity contribution in [2.45, 2.75) is 0 Å². The van der Waals surface area contributed by atoms with Crippen molar-refractivity contribution in [1.82, 2.24) is 5.10 Å². The van der Waals surface area contributed by atoms with E-state index in [1.807, 2.05) is 114 Å². The van der Waals surface area contributed by atoms with E-state index < -0.39 is 0 Å². The van der Waals surface area contributed by atoms with E-state index in [0.717, 1.165) is 28.3 Å². The van der Waals surface area contributed by atoms with Gasteiger partial charge in [-0.3, -0.25) is 0 Å². The van der Waals surface area contributed by atoms with Crippen molar-refractivity contribution in [3.05, 3.63) is 115 Å². The lowest BCUT2D eigenvalue weighted by Crippen LogP contribution is -2.37. The largest absolute Gasteiger partial charge is 0.497 e. The number of hydrogen-bond acceptors (Lipinski definition) is 6. The second kappa shape index (κ2) is 11.1. The average Bonchev–Trinajstić information content (AvgIpc) is 2.97. The van der Waals surface area contributed by atoms with Crippen molar-refractivity contribution in [2.75, 3.05) is 19.5 Å². The number of rotatable bonds is 8. The fraction of sp³-hybridized carbons (Fsp3) is 0.0667. The van der Waals surface area contributed by atoms with E-state index in [2.05, 4.69) is 10.4 Å². The Morgan fingerprint density at radius 2 is 1.38 bits per heavy atom. The van der Waals surface area contributed by atoms with Gasteiger partial charge in [0.1, 0.15) is 17.7 Å². The quantitative estimate of drug-likeness (QED) is 0.185. The van der Waals surface area contributed by atoms with Crippen LogP contribution in [0.15, 0.2) is 126 Å². The number of methoxy groups -OCH3 is 2. The summed E-state index contributed by atoms with van der Waals surface area (Å²) in [5.41, 5.74) is 5.46. The maximum atomic E-state index is 5.61. The molecule has 7 heteroatoms. The van der Waals surface area contributed by atoms with Gasteiger partial charge in [0.05, 0.1) is 36.8 Å². The van der Waals surface area contributed by atoms with Crippen LogP contribution in [0.4, 0.5) is 22.7 Å². The minimum atomic E-state index is 0.631. The monoisotopic (exact) mass is 488 g/mol. The van der Waals surface area contributed by atoms with Crippen LogP contribution in [-0.4, -0.2) is 19.3 Å². The van der Waals surface area contributed by atoms with Gasteiger partial charge in [-0.15, -0.1) is 5.11 Å². The molecule has 0 saturated heterocycles. The average molecular weight is 489 g/mol. The zero-order chi connectivity index (χ0) is 25.5. The highest BCUT2D eigenvalue weighted by atomic mass is 16.5. The van der Waals surface area contributed by atoms with Gasteiger partial charge in [-0.1, -0.05) is 54.6 Å². The summed E-state index contributed by atoms with van der Waals surface area (Å²) < 4.78 is 12.9. The lowest BCUT2D eigenvalue weighted by Gasteiger charge is -2.14. The van der Waals surface area contributed by atoms with Gasteiger partial charge in [-0.05, 0) is 41.1 Å². The van der Waals surface area contributed by atoms with Crippen LogP contribution in [0, 0.1) is 0 Å². The first kappa shape index (κ1) is 23.7. The van der Waals surface area contributed by atoms with Gasteiger partial charge >= 0.3 is 0 Å². The number of aromatic nitrogens is 2. The molecular weight excluding hydrogens is 462 g/mol. The van der Waals surface area contributed by atoms with Gasteiger partial charge in [-0.25, -0.2) is 0 Å². The van der Waals surface area contributed by atoms with Gasteiger partial charge in [0.25, 0.3) is 5.69 Å². The number of azo groups is 1. The number of benzene rings is 4. The summed E-state index contributed by atoms with van der Waals surface area (Å²) in [5, 5.41) is 17.6. The third-order valence-corrected chi connectivity index (χ3v) is 5.74. The summed E-state index contributed by atoms with van der Waals surface area (Å²) in [6.45, 7) is 0. The van der Waals surface area contributed by atoms with Crippen molar-refractivity contribution in [3.63, 3.8) is 0 Å². The smallest absolute Gasteiger partial charge is 0.275 e. The van der Waals surface area contributed by atoms with E-state index in [-0.39, 0.29) is 0 Å². The molecule has 0 unspecified atom stereocenters. The summed E-state index contributed by atoms with van der Waals surface area (Å²) in [5.74, 6) is 1.33. The van der Waals surface area contributed by atoms with E-state index in [4.69, 9.17) is 19.7 Å². The van der Waals surface area contributed by atoms with E-state index in [0.29, 0.717) is 22.9 Å². The maximum absolute atomic E-state index is 5.61. The Kier molecular flexibility index (Phi) is 7.13. The summed E-state index contributed by atoms with van der Waals surface area (Å²) in [7, 11) is 3.25. The molecule has 7 nitrogen and oxygen atoms in total. The Morgan fingerprint density at radius 3 is 2.05 bits per heavy atom. The summed E-state index contributed by atoms with van der Waals surface area (Å²) >= 11 is 0. The van der Waals surface area contributed by atoms with Crippen LogP contribution in [0.1, 0.15) is 0 Å². The molecule has 5 rings (SSSR count). The Morgan fingerprint density at radius 1 is 0.703 bits per heavy atom. The summed E-state index contributed by atoms with van der Waals surface area (Å²) in [6, 6.07) is 35.3. The van der Waals surface area contributed by atoms with Gasteiger partial charge in [0, 0.05) is 23.3 Å². The lowest BCUT2D eigenvalue weighted by molar-refractivity contribution is -0.648. The molecular formula is C30H26N5O2+. The number of ether oxygens (including phenoxy) is 2. The molecule has 0 atom stereocenters. The number of nitrogens with one attached hydrogen (secondary N) is 1. The Hall–Kier alpha value is -5.04. The van der Waals surface area contributed by atoms with E-state index in [1.165, 1.54) is 0 Å². The van der Waals surface area contributed by atoms with E-state index in [1.54, 1.807) is 20.4 Å². The molecule has 1 aromatic heterocycles. The molecule has 0 aliphatic rings. The highest BCUT2D eigenvalue weighted by molar-refractivity contribution is 5.83. The lowest BCUT2D eigenvalue weighted by atomic mass is 10.1. The molecule has 4 aromatic carbocycles. The van der Waals surface area contributed by atoms with Crippen LogP contribution in [0.2, 0.25) is 0 Å². The minimum Gasteiger partial charge on any atom is -0.497 e. The maximum Gasteiger partial charge on any atom is 0.275 e. The number of hydrogen-bond donors (Lipinski definition) is 1. The van der Waals surface area contributed by atoms with Gasteiger partial charge < -0.3 is 14.8 Å². The zero-order valence-electron chi connectivity index (χ0n) is 20.6. The first-order valence-corrected chi connectivity index (χ1v) is 11.8. The second-order valence-electron chi connectivity index (χ2n) is 8.10. The van der Waals surface area contributed by atoms with Crippen molar-refractivity contribution in [2.24, 2.45) is 10.2 Å². The van der Waals surface area contributed by atoms with Crippen molar-refractivity contribution in [3.8, 4) is 28.4 Å². The highest BCUT2D eigenvalue weighted by Crippen LogP contribution is 2.39. The molecule has 0 radical (unpaired) electrons. The van der Waals surface area contributed by atoms with Crippen molar-refractivity contribution in [1.29, 1.82) is 0 Å². The standard InChI is InChI=1S/C30H25N5O2/c1-36-25-18-19-26(28(20-25)37-2)32-27-21-31-35(24-16-10-5-11-17-24)30(22-12-6-3-7-13-22)29(27)34-33-23-14-8-4-9-15-23/h3-21H,1-2H3/p+1. The first-order valence-electron chi connectivity index (χ1n) is 11.8. The van der Waals surface area contributed by atoms with Crippen LogP contribution in [0.5, 0.6) is 11.5 Å². The fourth-order valence-electron chi connectivity index (χ4n) is 3.92. The molecule has 0 bridgehead atoms. The zero-order valence-corrected chi connectivity index (χ0v) is 20.6. The summed E-state index contributed by atoms with van der Waals surface area (Å²) in [6.07, 6.45) is 1.75. The first-order chi connectivity index (χ1) is 18.3. The molecule has 37 heavy (non-hydrogen) atoms. The second-order valence-corrected chi connectivity index (χ2v) is 8.10. The van der Waals surface area contributed by atoms with Crippen LogP contribution in [0.3, 0.4) is 0 Å². The Bertz CT molecular complexity index is 1510. The van der Waals surface area contributed by atoms with E-state index >= 15 is 0 Å². The third kappa shape index (κ3) is 5.31. The van der Waals surface area contributed by atoms with Gasteiger partial charge in [0.2, 0.25) is 5.69 Å². The number of para-hydroxylation sites is 1.